The van der Waals surface area contributed by atoms with E-state index in [-0.39, 0.29) is 36.5 Å². The summed E-state index contributed by atoms with van der Waals surface area (Å²) in [5.74, 6) is 1.05. The first-order valence-corrected chi connectivity index (χ1v) is 12.1. The van der Waals surface area contributed by atoms with Gasteiger partial charge in [-0.05, 0) is 0 Å². The number of carboxylic acid groups (broad SMARTS) is 1. The van der Waals surface area contributed by atoms with Gasteiger partial charge < -0.3 is 29.1 Å². The van der Waals surface area contributed by atoms with Gasteiger partial charge in [-0.1, -0.05) is 25.4 Å². The maximum Gasteiger partial charge on any atom is 0.305 e. The van der Waals surface area contributed by atoms with E-state index in [0.29, 0.717) is 29.1 Å². The number of halogens is 1. The summed E-state index contributed by atoms with van der Waals surface area (Å²) in [6.45, 7) is 6.26. The van der Waals surface area contributed by atoms with Gasteiger partial charge in [0.2, 0.25) is 11.8 Å². The molecule has 1 N–H and O–H groups in total. The highest BCUT2D eigenvalue weighted by Crippen LogP contribution is 2.34. The predicted molar refractivity (Wildman–Crippen MR) is 132 cm³/mol. The Labute approximate surface area is 210 Å². The van der Waals surface area contributed by atoms with Crippen molar-refractivity contribution in [2.24, 2.45) is 11.8 Å². The number of aromatic nitrogens is 3. The molecule has 2 aromatic heterocycles. The minimum absolute atomic E-state index is 0.0154. The molecule has 10 nitrogen and oxygen atoms in total. The van der Waals surface area contributed by atoms with Gasteiger partial charge in [-0.15, -0.1) is 0 Å². The third-order valence-electron chi connectivity index (χ3n) is 7.02. The van der Waals surface area contributed by atoms with Crippen molar-refractivity contribution >= 4 is 29.1 Å². The maximum atomic E-state index is 11.4. The zero-order chi connectivity index (χ0) is 25.1. The number of piperidine rings is 1. The molecule has 0 radical (unpaired) electrons. The number of anilines is 2. The van der Waals surface area contributed by atoms with Gasteiger partial charge in [0, 0.05) is 57.1 Å². The molecule has 0 amide bonds. The molecule has 11 heteroatoms. The number of methoxy groups -OCH3 is 2. The number of aliphatic carboxylic acids is 1. The zero-order valence-electron chi connectivity index (χ0n) is 20.4. The Balaban J connectivity index is 1.40. The van der Waals surface area contributed by atoms with Crippen molar-refractivity contribution in [3.05, 3.63) is 29.7 Å². The van der Waals surface area contributed by atoms with Crippen molar-refractivity contribution in [3.8, 4) is 11.8 Å². The van der Waals surface area contributed by atoms with E-state index in [0.717, 1.165) is 25.2 Å². The summed E-state index contributed by atoms with van der Waals surface area (Å²) in [6, 6.07) is 1.65. The molecule has 0 saturated carbocycles. The molecule has 35 heavy (non-hydrogen) atoms. The number of carboxylic acids is 1. The van der Waals surface area contributed by atoms with E-state index in [2.05, 4.69) is 26.8 Å². The quantitative estimate of drug-likeness (QED) is 0.574. The Morgan fingerprint density at radius 3 is 2.51 bits per heavy atom. The fourth-order valence-corrected chi connectivity index (χ4v) is 5.23. The second kappa shape index (κ2) is 10.8. The zero-order valence-corrected chi connectivity index (χ0v) is 21.2. The lowest BCUT2D eigenvalue weighted by Gasteiger charge is -2.38. The molecule has 0 bridgehead atoms. The van der Waals surface area contributed by atoms with Crippen LogP contribution in [0, 0.1) is 11.8 Å². The highest BCUT2D eigenvalue weighted by atomic mass is 35.5. The molecule has 0 aliphatic carbocycles. The van der Waals surface area contributed by atoms with E-state index < -0.39 is 5.97 Å². The molecule has 0 unspecified atom stereocenters. The van der Waals surface area contributed by atoms with Crippen LogP contribution in [0.2, 0.25) is 5.02 Å². The molecule has 190 valence electrons. The van der Waals surface area contributed by atoms with Gasteiger partial charge in [0.05, 0.1) is 48.9 Å². The number of hydrogen-bond donors (Lipinski definition) is 1. The molecule has 2 aliphatic heterocycles. The first kappa shape index (κ1) is 25.2. The molecule has 5 atom stereocenters. The average molecular weight is 506 g/mol. The van der Waals surface area contributed by atoms with Crippen LogP contribution >= 0.6 is 11.6 Å². The summed E-state index contributed by atoms with van der Waals surface area (Å²) < 4.78 is 17.0. The summed E-state index contributed by atoms with van der Waals surface area (Å²) >= 11 is 6.38. The van der Waals surface area contributed by atoms with Gasteiger partial charge in [0.15, 0.2) is 0 Å². The molecule has 0 aromatic carbocycles. The molecule has 4 rings (SSSR count). The van der Waals surface area contributed by atoms with Gasteiger partial charge in [-0.3, -0.25) is 4.79 Å². The first-order valence-electron chi connectivity index (χ1n) is 11.7. The number of carbonyl (C=O) groups is 1. The van der Waals surface area contributed by atoms with Crippen LogP contribution in [0.25, 0.3) is 0 Å². The monoisotopic (exact) mass is 505 g/mol. The standard InChI is InChI=1S/C24H32ClN5O5/c1-14-12-29(18-7-22(34-4)27-9-16(18)25)6-5-19(14)35-23-11-26-21(10-28-23)30-13-20(33-3)15(2)17(30)8-24(31)32/h7,9-11,14-15,17,19-20H,5-6,8,12-13H2,1-4H3,(H,31,32)/t14-,15+,17+,19-,20+/m1/s1. The minimum Gasteiger partial charge on any atom is -0.481 e. The van der Waals surface area contributed by atoms with Crippen LogP contribution in [0.15, 0.2) is 24.7 Å². The summed E-state index contributed by atoms with van der Waals surface area (Å²) in [4.78, 5) is 28.8. The Hall–Kier alpha value is -2.85. The topological polar surface area (TPSA) is 110 Å². The Morgan fingerprint density at radius 1 is 1.11 bits per heavy atom. The van der Waals surface area contributed by atoms with Gasteiger partial charge in [-0.2, -0.15) is 0 Å². The molecule has 0 spiro atoms. The fourth-order valence-electron chi connectivity index (χ4n) is 5.01. The second-order valence-electron chi connectivity index (χ2n) is 9.21. The third kappa shape index (κ3) is 5.54. The third-order valence-corrected chi connectivity index (χ3v) is 7.32. The van der Waals surface area contributed by atoms with E-state index in [1.165, 1.54) is 0 Å². The van der Waals surface area contributed by atoms with Crippen LogP contribution < -0.4 is 19.3 Å². The van der Waals surface area contributed by atoms with Crippen molar-refractivity contribution in [2.45, 2.75) is 44.9 Å². The van der Waals surface area contributed by atoms with E-state index in [9.17, 15) is 9.90 Å². The lowest BCUT2D eigenvalue weighted by molar-refractivity contribution is -0.137. The Morgan fingerprint density at radius 2 is 1.89 bits per heavy atom. The largest absolute Gasteiger partial charge is 0.481 e. The SMILES string of the molecule is COc1cc(N2CC[C@@H](Oc3cnc(N4C[C@H](OC)[C@@H](C)[C@@H]4CC(=O)O)cn3)[C@H](C)C2)c(Cl)cn1. The van der Waals surface area contributed by atoms with Crippen molar-refractivity contribution in [1.82, 2.24) is 15.0 Å². The summed E-state index contributed by atoms with van der Waals surface area (Å²) in [5.41, 5.74) is 0.901. The predicted octanol–water partition coefficient (Wildman–Crippen LogP) is 3.14. The molecular weight excluding hydrogens is 474 g/mol. The molecule has 2 aliphatic rings. The van der Waals surface area contributed by atoms with Crippen LogP contribution in [0.5, 0.6) is 11.8 Å². The van der Waals surface area contributed by atoms with E-state index in [1.54, 1.807) is 32.8 Å². The van der Waals surface area contributed by atoms with Crippen LogP contribution in [-0.2, 0) is 9.53 Å². The highest BCUT2D eigenvalue weighted by molar-refractivity contribution is 6.33. The first-order chi connectivity index (χ1) is 16.8. The number of rotatable bonds is 8. The summed E-state index contributed by atoms with van der Waals surface area (Å²) in [7, 11) is 3.23. The molecule has 2 fully saturated rings. The average Bonchev–Trinajstić information content (AvgIpc) is 3.16. The lowest BCUT2D eigenvalue weighted by atomic mass is 9.96. The van der Waals surface area contributed by atoms with Gasteiger partial charge >= 0.3 is 5.97 Å². The highest BCUT2D eigenvalue weighted by Gasteiger charge is 2.41. The van der Waals surface area contributed by atoms with Crippen molar-refractivity contribution in [2.75, 3.05) is 43.7 Å². The normalized spacial score (nSPS) is 26.6. The van der Waals surface area contributed by atoms with Crippen LogP contribution in [0.4, 0.5) is 11.5 Å². The summed E-state index contributed by atoms with van der Waals surface area (Å²) in [5, 5.41) is 9.95. The number of nitrogens with zero attached hydrogens (tertiary/aromatic N) is 5. The number of pyridine rings is 1. The second-order valence-corrected chi connectivity index (χ2v) is 9.62. The van der Waals surface area contributed by atoms with Gasteiger partial charge in [-0.25, -0.2) is 15.0 Å². The van der Waals surface area contributed by atoms with Gasteiger partial charge in [0.1, 0.15) is 11.9 Å². The van der Waals surface area contributed by atoms with Crippen molar-refractivity contribution in [3.63, 3.8) is 0 Å². The fraction of sp³-hybridized carbons (Fsp3) is 0.583. The lowest BCUT2D eigenvalue weighted by Crippen LogP contribution is -2.44. The molecular formula is C24H32ClN5O5. The van der Waals surface area contributed by atoms with E-state index in [1.807, 2.05) is 17.9 Å². The Kier molecular flexibility index (Phi) is 7.81. The van der Waals surface area contributed by atoms with Crippen LogP contribution in [0.3, 0.4) is 0 Å². The maximum absolute atomic E-state index is 11.4. The molecule has 2 aromatic rings. The smallest absolute Gasteiger partial charge is 0.305 e. The molecule has 2 saturated heterocycles. The van der Waals surface area contributed by atoms with Gasteiger partial charge in [0.25, 0.3) is 0 Å². The van der Waals surface area contributed by atoms with E-state index >= 15 is 0 Å². The van der Waals surface area contributed by atoms with Crippen LogP contribution in [0.1, 0.15) is 26.7 Å². The number of hydrogen-bond acceptors (Lipinski definition) is 9. The Bertz CT molecular complexity index is 1030. The number of ether oxygens (including phenoxy) is 3. The summed E-state index contributed by atoms with van der Waals surface area (Å²) in [6.07, 6.45) is 5.61. The van der Waals surface area contributed by atoms with Crippen molar-refractivity contribution in [1.29, 1.82) is 0 Å². The molecule has 4 heterocycles. The minimum atomic E-state index is -0.844. The van der Waals surface area contributed by atoms with E-state index in [4.69, 9.17) is 25.8 Å². The van der Waals surface area contributed by atoms with Crippen LogP contribution in [-0.4, -0.2) is 78.1 Å². The van der Waals surface area contributed by atoms with Crippen molar-refractivity contribution < 1.29 is 24.1 Å².